The highest BCUT2D eigenvalue weighted by atomic mass is 35.6. The zero-order valence-corrected chi connectivity index (χ0v) is 17.2. The van der Waals surface area contributed by atoms with Crippen molar-refractivity contribution in [3.8, 4) is 10.6 Å². The van der Waals surface area contributed by atoms with Gasteiger partial charge < -0.3 is 0 Å². The molecule has 0 bridgehead atoms. The molecule has 3 heterocycles. The number of alkyl halides is 3. The zero-order chi connectivity index (χ0) is 18.8. The fourth-order valence-electron chi connectivity index (χ4n) is 3.02. The normalized spacial score (nSPS) is 12.4. The smallest absolute Gasteiger partial charge is 0.250 e. The molecule has 5 aromatic rings. The molecular formula is C18H8Cl3N3OS2. The van der Waals surface area contributed by atoms with Gasteiger partial charge in [-0.3, -0.25) is 0 Å². The number of thiazole rings is 2. The largest absolute Gasteiger partial charge is 0.353 e. The highest BCUT2D eigenvalue weighted by Gasteiger charge is 2.33. The van der Waals surface area contributed by atoms with Gasteiger partial charge >= 0.3 is 5.69 Å². The Hall–Kier alpha value is -1.70. The second-order valence-corrected chi connectivity index (χ2v) is 10.2. The van der Waals surface area contributed by atoms with E-state index in [1.54, 1.807) is 4.40 Å². The van der Waals surface area contributed by atoms with E-state index in [2.05, 4.69) is 4.98 Å². The summed E-state index contributed by atoms with van der Waals surface area (Å²) in [5.41, 5.74) is 1.82. The van der Waals surface area contributed by atoms with Crippen molar-refractivity contribution in [2.75, 3.05) is 0 Å². The number of hydrogen-bond donors (Lipinski definition) is 0. The van der Waals surface area contributed by atoms with E-state index in [1.165, 1.54) is 22.7 Å². The molecule has 0 fully saturated rings. The Bertz CT molecular complexity index is 1370. The molecule has 0 aliphatic rings. The monoisotopic (exact) mass is 451 g/mol. The lowest BCUT2D eigenvalue weighted by atomic mass is 10.2. The molecule has 0 N–H and O–H groups in total. The van der Waals surface area contributed by atoms with E-state index in [9.17, 15) is 4.79 Å². The summed E-state index contributed by atoms with van der Waals surface area (Å²) < 4.78 is 1.66. The molecule has 0 saturated heterocycles. The van der Waals surface area contributed by atoms with Crippen molar-refractivity contribution in [1.29, 1.82) is 0 Å². The van der Waals surface area contributed by atoms with Crippen LogP contribution in [0.25, 0.3) is 35.8 Å². The Morgan fingerprint density at radius 1 is 0.889 bits per heavy atom. The molecule has 0 unspecified atom stereocenters. The summed E-state index contributed by atoms with van der Waals surface area (Å²) in [6, 6.07) is 15.4. The first-order valence-corrected chi connectivity index (χ1v) is 10.6. The van der Waals surface area contributed by atoms with E-state index in [4.69, 9.17) is 39.8 Å². The minimum absolute atomic E-state index is 0.100. The van der Waals surface area contributed by atoms with Gasteiger partial charge in [-0.05, 0) is 24.3 Å². The predicted octanol–water partition coefficient (Wildman–Crippen LogP) is 6.01. The molecule has 0 amide bonds. The van der Waals surface area contributed by atoms with Crippen LogP contribution in [0.2, 0.25) is 0 Å². The van der Waals surface area contributed by atoms with Crippen molar-refractivity contribution >= 4 is 82.7 Å². The molecule has 9 heteroatoms. The summed E-state index contributed by atoms with van der Waals surface area (Å²) in [5.74, 6) is 0. The van der Waals surface area contributed by atoms with Gasteiger partial charge in [0.1, 0.15) is 15.5 Å². The minimum Gasteiger partial charge on any atom is -0.250 e. The number of para-hydroxylation sites is 2. The number of halogens is 3. The standard InChI is InChI=1S/C18H8Cl3N3OS2/c19-18(20,21)14-13(15-22-9-5-1-3-7-11(9)26-15)16-24(17(25)23-14)10-6-2-4-8-12(10)27-16/h1-8H. The molecule has 0 aliphatic carbocycles. The number of nitrogens with zero attached hydrogens (tertiary/aromatic N) is 3. The van der Waals surface area contributed by atoms with Crippen LogP contribution in [-0.2, 0) is 3.79 Å². The predicted molar refractivity (Wildman–Crippen MR) is 115 cm³/mol. The van der Waals surface area contributed by atoms with Crippen LogP contribution in [0, 0.1) is 0 Å². The molecule has 134 valence electrons. The minimum atomic E-state index is -1.85. The maximum Gasteiger partial charge on any atom is 0.353 e. The number of hydrogen-bond acceptors (Lipinski definition) is 5. The van der Waals surface area contributed by atoms with Crippen LogP contribution in [0.3, 0.4) is 0 Å². The first kappa shape index (κ1) is 17.4. The summed E-state index contributed by atoms with van der Waals surface area (Å²) in [5, 5.41) is 0.661. The number of aromatic nitrogens is 3. The second kappa shape index (κ2) is 6.15. The molecule has 27 heavy (non-hydrogen) atoms. The van der Waals surface area contributed by atoms with Gasteiger partial charge in [-0.25, -0.2) is 14.2 Å². The van der Waals surface area contributed by atoms with Crippen molar-refractivity contribution < 1.29 is 0 Å². The SMILES string of the molecule is O=c1nc(C(Cl)(Cl)Cl)c(-c2nc3ccccc3s2)c2sc3ccccc3n12. The zero-order valence-electron chi connectivity index (χ0n) is 13.3. The average molecular weight is 453 g/mol. The van der Waals surface area contributed by atoms with Gasteiger partial charge in [0.15, 0.2) is 0 Å². The summed E-state index contributed by atoms with van der Waals surface area (Å²) >= 11 is 21.5. The first-order valence-electron chi connectivity index (χ1n) is 7.81. The topological polar surface area (TPSA) is 47.3 Å². The van der Waals surface area contributed by atoms with Gasteiger partial charge in [0.25, 0.3) is 0 Å². The molecule has 0 spiro atoms. The van der Waals surface area contributed by atoms with Crippen molar-refractivity contribution in [2.24, 2.45) is 0 Å². The van der Waals surface area contributed by atoms with Gasteiger partial charge in [0, 0.05) is 0 Å². The van der Waals surface area contributed by atoms with Gasteiger partial charge in [0.05, 0.1) is 26.0 Å². The van der Waals surface area contributed by atoms with Gasteiger partial charge in [-0.15, -0.1) is 22.7 Å². The van der Waals surface area contributed by atoms with E-state index >= 15 is 0 Å². The van der Waals surface area contributed by atoms with E-state index in [1.807, 2.05) is 48.5 Å². The molecule has 0 aliphatic heterocycles. The maximum absolute atomic E-state index is 12.7. The van der Waals surface area contributed by atoms with Crippen LogP contribution >= 0.6 is 57.5 Å². The lowest BCUT2D eigenvalue weighted by Crippen LogP contribution is -2.22. The Morgan fingerprint density at radius 3 is 2.33 bits per heavy atom. The fraction of sp³-hybridized carbons (Fsp3) is 0.0556. The molecule has 0 atom stereocenters. The Labute approximate surface area is 175 Å². The third-order valence-electron chi connectivity index (χ3n) is 4.14. The highest BCUT2D eigenvalue weighted by molar-refractivity contribution is 7.25. The van der Waals surface area contributed by atoms with E-state index in [0.717, 1.165) is 20.4 Å². The van der Waals surface area contributed by atoms with Crippen LogP contribution < -0.4 is 5.69 Å². The highest BCUT2D eigenvalue weighted by Crippen LogP contribution is 2.46. The Balaban J connectivity index is 1.99. The van der Waals surface area contributed by atoms with Gasteiger partial charge in [-0.2, -0.15) is 4.98 Å². The number of fused-ring (bicyclic) bond motifs is 4. The van der Waals surface area contributed by atoms with Crippen LogP contribution in [0.1, 0.15) is 5.69 Å². The molecule has 4 nitrogen and oxygen atoms in total. The van der Waals surface area contributed by atoms with Crippen LogP contribution in [-0.4, -0.2) is 14.4 Å². The first-order chi connectivity index (χ1) is 12.9. The maximum atomic E-state index is 12.7. The summed E-state index contributed by atoms with van der Waals surface area (Å²) in [6.07, 6.45) is 0. The molecule has 0 saturated carbocycles. The second-order valence-electron chi connectivity index (χ2n) is 5.81. The molecule has 2 aromatic carbocycles. The van der Waals surface area contributed by atoms with Gasteiger partial charge in [-0.1, -0.05) is 59.1 Å². The molecule has 3 aromatic heterocycles. The third-order valence-corrected chi connectivity index (χ3v) is 6.88. The van der Waals surface area contributed by atoms with Gasteiger partial charge in [0.2, 0.25) is 3.79 Å². The molecule has 0 radical (unpaired) electrons. The van der Waals surface area contributed by atoms with Crippen LogP contribution in [0.15, 0.2) is 53.3 Å². The van der Waals surface area contributed by atoms with Crippen molar-refractivity contribution in [3.05, 3.63) is 64.7 Å². The van der Waals surface area contributed by atoms with Crippen LogP contribution in [0.4, 0.5) is 0 Å². The number of benzene rings is 2. The quantitative estimate of drug-likeness (QED) is 0.292. The van der Waals surface area contributed by atoms with E-state index in [-0.39, 0.29) is 5.69 Å². The van der Waals surface area contributed by atoms with Crippen molar-refractivity contribution in [1.82, 2.24) is 14.4 Å². The van der Waals surface area contributed by atoms with Crippen molar-refractivity contribution in [3.63, 3.8) is 0 Å². The molecular weight excluding hydrogens is 445 g/mol. The van der Waals surface area contributed by atoms with E-state index < -0.39 is 9.48 Å². The summed E-state index contributed by atoms with van der Waals surface area (Å²) in [7, 11) is 0. The lowest BCUT2D eigenvalue weighted by Gasteiger charge is -2.14. The Morgan fingerprint density at radius 2 is 1.59 bits per heavy atom. The lowest BCUT2D eigenvalue weighted by molar-refractivity contribution is 0.968. The summed E-state index contributed by atoms with van der Waals surface area (Å²) in [6.45, 7) is 0. The summed E-state index contributed by atoms with van der Waals surface area (Å²) in [4.78, 5) is 22.2. The van der Waals surface area contributed by atoms with Crippen molar-refractivity contribution in [2.45, 2.75) is 3.79 Å². The number of rotatable bonds is 1. The molecule has 5 rings (SSSR count). The average Bonchev–Trinajstić information content (AvgIpc) is 3.22. The Kier molecular flexibility index (Phi) is 3.97. The third kappa shape index (κ3) is 2.75. The van der Waals surface area contributed by atoms with E-state index in [0.29, 0.717) is 15.4 Å². The fourth-order valence-corrected chi connectivity index (χ4v) is 5.69. The van der Waals surface area contributed by atoms with Crippen LogP contribution in [0.5, 0.6) is 0 Å².